The molecular formula is C25H26ClFN2O2S. The van der Waals surface area contributed by atoms with Crippen LogP contribution in [0.1, 0.15) is 31.9 Å². The Hall–Kier alpha value is -2.41. The van der Waals surface area contributed by atoms with Crippen LogP contribution in [0.15, 0.2) is 47.8 Å². The molecule has 4 rings (SSSR count). The van der Waals surface area contributed by atoms with Gasteiger partial charge < -0.3 is 9.64 Å². The van der Waals surface area contributed by atoms with E-state index in [2.05, 4.69) is 11.0 Å². The Morgan fingerprint density at radius 1 is 1.09 bits per heavy atom. The van der Waals surface area contributed by atoms with Crippen LogP contribution in [-0.4, -0.2) is 41.9 Å². The van der Waals surface area contributed by atoms with Crippen LogP contribution in [-0.2, 0) is 13.2 Å². The van der Waals surface area contributed by atoms with Crippen LogP contribution in [0.5, 0.6) is 5.75 Å². The third kappa shape index (κ3) is 5.49. The highest BCUT2D eigenvalue weighted by molar-refractivity contribution is 7.12. The number of carbonyl (C=O) groups excluding carboxylic acids is 1. The second-order valence-electron chi connectivity index (χ2n) is 8.20. The predicted molar refractivity (Wildman–Crippen MR) is 127 cm³/mol. The molecule has 2 heterocycles. The van der Waals surface area contributed by atoms with Gasteiger partial charge in [0.1, 0.15) is 18.2 Å². The number of ether oxygens (including phenoxy) is 1. The summed E-state index contributed by atoms with van der Waals surface area (Å²) in [7, 11) is 0. The second-order valence-corrected chi connectivity index (χ2v) is 9.52. The molecule has 0 radical (unpaired) electrons. The van der Waals surface area contributed by atoms with Gasteiger partial charge in [0.2, 0.25) is 0 Å². The van der Waals surface area contributed by atoms with Gasteiger partial charge >= 0.3 is 0 Å². The van der Waals surface area contributed by atoms with Gasteiger partial charge in [-0.15, -0.1) is 11.3 Å². The van der Waals surface area contributed by atoms with Crippen molar-refractivity contribution < 1.29 is 13.9 Å². The first-order valence-corrected chi connectivity index (χ1v) is 11.9. The number of halogens is 2. The predicted octanol–water partition coefficient (Wildman–Crippen LogP) is 5.69. The highest BCUT2D eigenvalue weighted by Crippen LogP contribution is 2.24. The van der Waals surface area contributed by atoms with Gasteiger partial charge in [-0.2, -0.15) is 0 Å². The van der Waals surface area contributed by atoms with Crippen LogP contribution in [0, 0.1) is 19.7 Å². The summed E-state index contributed by atoms with van der Waals surface area (Å²) < 4.78 is 20.0. The fourth-order valence-corrected chi connectivity index (χ4v) is 5.00. The summed E-state index contributed by atoms with van der Waals surface area (Å²) in [5, 5.41) is 2.42. The molecular weight excluding hydrogens is 447 g/mol. The van der Waals surface area contributed by atoms with Crippen LogP contribution in [0.3, 0.4) is 0 Å². The molecule has 0 spiro atoms. The molecule has 4 nitrogen and oxygen atoms in total. The Morgan fingerprint density at radius 2 is 1.81 bits per heavy atom. The van der Waals surface area contributed by atoms with Crippen molar-refractivity contribution in [2.75, 3.05) is 26.2 Å². The molecule has 1 aromatic heterocycles. The van der Waals surface area contributed by atoms with E-state index in [9.17, 15) is 9.18 Å². The van der Waals surface area contributed by atoms with E-state index in [-0.39, 0.29) is 11.7 Å². The molecule has 32 heavy (non-hydrogen) atoms. The van der Waals surface area contributed by atoms with Crippen molar-refractivity contribution in [3.63, 3.8) is 0 Å². The lowest BCUT2D eigenvalue weighted by Gasteiger charge is -2.34. The van der Waals surface area contributed by atoms with E-state index in [1.54, 1.807) is 12.1 Å². The lowest BCUT2D eigenvalue weighted by Crippen LogP contribution is -2.48. The number of hydrogen-bond acceptors (Lipinski definition) is 4. The lowest BCUT2D eigenvalue weighted by molar-refractivity contribution is 0.0631. The van der Waals surface area contributed by atoms with E-state index in [0.29, 0.717) is 49.9 Å². The minimum absolute atomic E-state index is 0.0382. The molecule has 0 N–H and O–H groups in total. The third-order valence-corrected chi connectivity index (χ3v) is 6.89. The van der Waals surface area contributed by atoms with Gasteiger partial charge in [0.05, 0.1) is 4.88 Å². The molecule has 0 bridgehead atoms. The molecule has 1 aliphatic rings. The lowest BCUT2D eigenvalue weighted by atomic mass is 10.1. The van der Waals surface area contributed by atoms with Crippen molar-refractivity contribution in [2.45, 2.75) is 27.0 Å². The van der Waals surface area contributed by atoms with Crippen molar-refractivity contribution in [3.05, 3.63) is 85.8 Å². The van der Waals surface area contributed by atoms with Crippen molar-refractivity contribution >= 4 is 28.8 Å². The van der Waals surface area contributed by atoms with Crippen LogP contribution in [0.25, 0.3) is 0 Å². The topological polar surface area (TPSA) is 32.8 Å². The largest absolute Gasteiger partial charge is 0.489 e. The van der Waals surface area contributed by atoms with Crippen LogP contribution in [0.2, 0.25) is 5.02 Å². The molecule has 1 saturated heterocycles. The Kier molecular flexibility index (Phi) is 7.13. The standard InChI is InChI=1S/C25H26ClFN2O2S/c1-17-10-18(2)12-20(11-17)31-15-19-13-24(32-16-19)25(30)29-8-6-28(7-9-29)14-21-22(26)4-3-5-23(21)27/h3-5,10-13,16H,6-9,14-15H2,1-2H3. The van der Waals surface area contributed by atoms with E-state index in [4.69, 9.17) is 16.3 Å². The average Bonchev–Trinajstić information content (AvgIpc) is 3.23. The SMILES string of the molecule is Cc1cc(C)cc(OCc2csc(C(=O)N3CCN(Cc4c(F)cccc4Cl)CC3)c2)c1. The first-order chi connectivity index (χ1) is 15.4. The van der Waals surface area contributed by atoms with Crippen LogP contribution < -0.4 is 4.74 Å². The van der Waals surface area contributed by atoms with E-state index < -0.39 is 0 Å². The van der Waals surface area contributed by atoms with Crippen LogP contribution >= 0.6 is 22.9 Å². The van der Waals surface area contributed by atoms with Gasteiger partial charge in [0.15, 0.2) is 0 Å². The number of piperazine rings is 1. The Bertz CT molecular complexity index is 1070. The highest BCUT2D eigenvalue weighted by atomic mass is 35.5. The number of carbonyl (C=O) groups is 1. The van der Waals surface area contributed by atoms with E-state index in [0.717, 1.165) is 27.3 Å². The van der Waals surface area contributed by atoms with Crippen molar-refractivity contribution in [1.29, 1.82) is 0 Å². The van der Waals surface area contributed by atoms with Gasteiger partial charge in [-0.3, -0.25) is 9.69 Å². The average molecular weight is 473 g/mol. The van der Waals surface area contributed by atoms with Gasteiger partial charge in [-0.25, -0.2) is 4.39 Å². The zero-order valence-electron chi connectivity index (χ0n) is 18.2. The van der Waals surface area contributed by atoms with E-state index in [1.807, 2.05) is 42.3 Å². The number of nitrogens with zero attached hydrogens (tertiary/aromatic N) is 2. The minimum Gasteiger partial charge on any atom is -0.489 e. The minimum atomic E-state index is -0.287. The maximum Gasteiger partial charge on any atom is 0.264 e. The number of rotatable bonds is 6. The smallest absolute Gasteiger partial charge is 0.264 e. The Morgan fingerprint density at radius 3 is 2.50 bits per heavy atom. The normalized spacial score (nSPS) is 14.6. The molecule has 3 aromatic rings. The zero-order chi connectivity index (χ0) is 22.7. The monoisotopic (exact) mass is 472 g/mol. The summed E-state index contributed by atoms with van der Waals surface area (Å²) >= 11 is 7.60. The summed E-state index contributed by atoms with van der Waals surface area (Å²) in [6, 6.07) is 12.8. The fraction of sp³-hybridized carbons (Fsp3) is 0.320. The van der Waals surface area contributed by atoms with Gasteiger partial charge in [-0.05, 0) is 60.7 Å². The zero-order valence-corrected chi connectivity index (χ0v) is 19.8. The number of benzene rings is 2. The quantitative estimate of drug-likeness (QED) is 0.461. The third-order valence-electron chi connectivity index (χ3n) is 5.57. The van der Waals surface area contributed by atoms with Gasteiger partial charge in [0, 0.05) is 48.9 Å². The fourth-order valence-electron chi connectivity index (χ4n) is 3.92. The molecule has 0 aliphatic carbocycles. The molecule has 0 atom stereocenters. The molecule has 1 aliphatic heterocycles. The summed E-state index contributed by atoms with van der Waals surface area (Å²) in [6.45, 7) is 7.57. The molecule has 1 fully saturated rings. The van der Waals surface area contributed by atoms with Crippen molar-refractivity contribution in [3.8, 4) is 5.75 Å². The number of aryl methyl sites for hydroxylation is 2. The molecule has 2 aromatic carbocycles. The maximum atomic E-state index is 14.1. The Balaban J connectivity index is 1.30. The summed E-state index contributed by atoms with van der Waals surface area (Å²) in [6.07, 6.45) is 0. The van der Waals surface area contributed by atoms with Gasteiger partial charge in [-0.1, -0.05) is 23.7 Å². The summed E-state index contributed by atoms with van der Waals surface area (Å²) in [5.74, 6) is 0.592. The number of amides is 1. The van der Waals surface area contributed by atoms with E-state index in [1.165, 1.54) is 17.4 Å². The van der Waals surface area contributed by atoms with E-state index >= 15 is 0 Å². The Labute approximate surface area is 197 Å². The molecule has 7 heteroatoms. The first-order valence-electron chi connectivity index (χ1n) is 10.6. The van der Waals surface area contributed by atoms with Gasteiger partial charge in [0.25, 0.3) is 5.91 Å². The second kappa shape index (κ2) is 10.0. The summed E-state index contributed by atoms with van der Waals surface area (Å²) in [5.41, 5.74) is 3.83. The van der Waals surface area contributed by atoms with Crippen molar-refractivity contribution in [1.82, 2.24) is 9.80 Å². The molecule has 0 saturated carbocycles. The number of thiophene rings is 1. The van der Waals surface area contributed by atoms with Crippen LogP contribution in [0.4, 0.5) is 4.39 Å². The van der Waals surface area contributed by atoms with Crippen molar-refractivity contribution in [2.24, 2.45) is 0 Å². The highest BCUT2D eigenvalue weighted by Gasteiger charge is 2.24. The maximum absolute atomic E-state index is 14.1. The summed E-state index contributed by atoms with van der Waals surface area (Å²) in [4.78, 5) is 17.7. The molecule has 1 amide bonds. The number of hydrogen-bond donors (Lipinski definition) is 0. The molecule has 168 valence electrons. The first kappa shape index (κ1) is 22.8. The molecule has 0 unspecified atom stereocenters.